The van der Waals surface area contributed by atoms with Crippen LogP contribution in [0.15, 0.2) is 53.7 Å². The van der Waals surface area contributed by atoms with Gasteiger partial charge in [0.15, 0.2) is 0 Å². The standard InChI is InChI=1S/C21H26N4O5S/c1-3-30-21(27)24-13-11-23(12-14-24)20(26)25(16-18-5-4-10-22-15-18)31(28,29)19-8-6-17(2)7-9-19/h4-10,15H,3,11-14,16H2,1-2H3. The smallest absolute Gasteiger partial charge is 0.409 e. The van der Waals surface area contributed by atoms with Crippen LogP contribution < -0.4 is 0 Å². The minimum absolute atomic E-state index is 0.0421. The zero-order valence-electron chi connectivity index (χ0n) is 17.6. The van der Waals surface area contributed by atoms with Crippen molar-refractivity contribution in [1.29, 1.82) is 0 Å². The van der Waals surface area contributed by atoms with Crippen molar-refractivity contribution < 1.29 is 22.7 Å². The lowest BCUT2D eigenvalue weighted by Crippen LogP contribution is -2.54. The molecule has 2 aromatic rings. The fourth-order valence-corrected chi connectivity index (χ4v) is 4.58. The van der Waals surface area contributed by atoms with Gasteiger partial charge in [-0.2, -0.15) is 0 Å². The molecule has 1 aromatic heterocycles. The normalized spacial score (nSPS) is 14.3. The lowest BCUT2D eigenvalue weighted by Gasteiger charge is -2.36. The highest BCUT2D eigenvalue weighted by Crippen LogP contribution is 2.21. The summed E-state index contributed by atoms with van der Waals surface area (Å²) in [5, 5.41) is 0. The molecule has 10 heteroatoms. The molecule has 0 atom stereocenters. The second kappa shape index (κ2) is 9.78. The van der Waals surface area contributed by atoms with Crippen LogP contribution in [0.5, 0.6) is 0 Å². The Kier molecular flexibility index (Phi) is 7.11. The van der Waals surface area contributed by atoms with Crippen molar-refractivity contribution in [2.45, 2.75) is 25.3 Å². The first-order valence-corrected chi connectivity index (χ1v) is 11.5. The van der Waals surface area contributed by atoms with Crippen molar-refractivity contribution in [3.05, 3.63) is 59.9 Å². The van der Waals surface area contributed by atoms with Crippen molar-refractivity contribution in [1.82, 2.24) is 19.1 Å². The van der Waals surface area contributed by atoms with Crippen molar-refractivity contribution in [3.8, 4) is 0 Å². The first-order chi connectivity index (χ1) is 14.8. The zero-order chi connectivity index (χ0) is 22.4. The summed E-state index contributed by atoms with van der Waals surface area (Å²) in [6.07, 6.45) is 2.68. The maximum atomic E-state index is 13.4. The quantitative estimate of drug-likeness (QED) is 0.700. The molecule has 0 saturated carbocycles. The molecule has 166 valence electrons. The van der Waals surface area contributed by atoms with E-state index in [9.17, 15) is 18.0 Å². The molecule has 0 unspecified atom stereocenters. The van der Waals surface area contributed by atoms with E-state index in [1.165, 1.54) is 28.1 Å². The number of piperazine rings is 1. The summed E-state index contributed by atoms with van der Waals surface area (Å²) in [6, 6.07) is 9.15. The summed E-state index contributed by atoms with van der Waals surface area (Å²) in [6.45, 7) is 4.69. The number of hydrogen-bond donors (Lipinski definition) is 0. The summed E-state index contributed by atoms with van der Waals surface area (Å²) in [5.41, 5.74) is 1.51. The number of nitrogens with zero attached hydrogens (tertiary/aromatic N) is 4. The summed E-state index contributed by atoms with van der Waals surface area (Å²) in [4.78, 5) is 32.2. The number of rotatable bonds is 5. The molecule has 1 aliphatic rings. The van der Waals surface area contributed by atoms with Crippen LogP contribution in [0.1, 0.15) is 18.1 Å². The molecule has 1 aliphatic heterocycles. The lowest BCUT2D eigenvalue weighted by molar-refractivity contribution is 0.0822. The van der Waals surface area contributed by atoms with Crippen molar-refractivity contribution >= 4 is 22.1 Å². The van der Waals surface area contributed by atoms with E-state index in [0.717, 1.165) is 9.87 Å². The van der Waals surface area contributed by atoms with Gasteiger partial charge in [0.25, 0.3) is 10.0 Å². The predicted octanol–water partition coefficient (Wildman–Crippen LogP) is 2.48. The van der Waals surface area contributed by atoms with Crippen LogP contribution in [-0.2, 0) is 21.3 Å². The van der Waals surface area contributed by atoms with Crippen LogP contribution in [0, 0.1) is 6.92 Å². The molecule has 3 rings (SSSR count). The number of carbonyl (C=O) groups is 2. The number of pyridine rings is 1. The fraction of sp³-hybridized carbons (Fsp3) is 0.381. The van der Waals surface area contributed by atoms with Gasteiger partial charge in [0.05, 0.1) is 18.0 Å². The van der Waals surface area contributed by atoms with Gasteiger partial charge >= 0.3 is 12.1 Å². The maximum absolute atomic E-state index is 13.4. The number of urea groups is 1. The number of aryl methyl sites for hydroxylation is 1. The van der Waals surface area contributed by atoms with Gasteiger partial charge in [0, 0.05) is 38.6 Å². The maximum Gasteiger partial charge on any atom is 0.409 e. The van der Waals surface area contributed by atoms with Gasteiger partial charge in [-0.3, -0.25) is 4.98 Å². The highest BCUT2D eigenvalue weighted by atomic mass is 32.2. The Morgan fingerprint density at radius 2 is 1.71 bits per heavy atom. The summed E-state index contributed by atoms with van der Waals surface area (Å²) < 4.78 is 32.6. The Labute approximate surface area is 182 Å². The van der Waals surface area contributed by atoms with Gasteiger partial charge in [0.1, 0.15) is 0 Å². The Morgan fingerprint density at radius 3 is 2.29 bits per heavy atom. The van der Waals surface area contributed by atoms with E-state index < -0.39 is 22.1 Å². The first-order valence-electron chi connectivity index (χ1n) is 10.0. The summed E-state index contributed by atoms with van der Waals surface area (Å²) in [7, 11) is -4.09. The van der Waals surface area contributed by atoms with Crippen LogP contribution in [-0.4, -0.2) is 72.4 Å². The number of amides is 3. The highest BCUT2D eigenvalue weighted by molar-refractivity contribution is 7.89. The molecule has 1 fully saturated rings. The zero-order valence-corrected chi connectivity index (χ0v) is 18.4. The molecular weight excluding hydrogens is 420 g/mol. The van der Waals surface area contributed by atoms with Gasteiger partial charge in [-0.1, -0.05) is 23.8 Å². The van der Waals surface area contributed by atoms with Crippen LogP contribution in [0.2, 0.25) is 0 Å². The first kappa shape index (κ1) is 22.5. The average Bonchev–Trinajstić information content (AvgIpc) is 2.78. The molecule has 9 nitrogen and oxygen atoms in total. The number of aromatic nitrogens is 1. The minimum Gasteiger partial charge on any atom is -0.450 e. The van der Waals surface area contributed by atoms with Gasteiger partial charge < -0.3 is 14.5 Å². The van der Waals surface area contributed by atoms with E-state index in [2.05, 4.69) is 4.98 Å². The average molecular weight is 447 g/mol. The Balaban J connectivity index is 1.84. The van der Waals surface area contributed by atoms with E-state index in [1.54, 1.807) is 37.4 Å². The van der Waals surface area contributed by atoms with E-state index in [1.807, 2.05) is 6.92 Å². The number of sulfonamides is 1. The van der Waals surface area contributed by atoms with Crippen molar-refractivity contribution in [2.24, 2.45) is 0 Å². The van der Waals surface area contributed by atoms with Gasteiger partial charge in [-0.05, 0) is 37.6 Å². The topological polar surface area (TPSA) is 100 Å². The lowest BCUT2D eigenvalue weighted by atomic mass is 10.2. The molecule has 3 amide bonds. The van der Waals surface area contributed by atoms with Gasteiger partial charge in [-0.15, -0.1) is 0 Å². The fourth-order valence-electron chi connectivity index (χ4n) is 3.20. The minimum atomic E-state index is -4.09. The monoisotopic (exact) mass is 446 g/mol. The number of carbonyl (C=O) groups excluding carboxylic acids is 2. The van der Waals surface area contributed by atoms with E-state index in [0.29, 0.717) is 5.56 Å². The Hall–Kier alpha value is -3.14. The molecular formula is C21H26N4O5S. The third kappa shape index (κ3) is 5.32. The third-order valence-electron chi connectivity index (χ3n) is 4.95. The van der Waals surface area contributed by atoms with Crippen LogP contribution in [0.25, 0.3) is 0 Å². The molecule has 0 spiro atoms. The number of hydrogen-bond acceptors (Lipinski definition) is 6. The second-order valence-corrected chi connectivity index (χ2v) is 9.00. The molecule has 0 N–H and O–H groups in total. The molecule has 1 aromatic carbocycles. The summed E-state index contributed by atoms with van der Waals surface area (Å²) >= 11 is 0. The van der Waals surface area contributed by atoms with E-state index >= 15 is 0 Å². The van der Waals surface area contributed by atoms with Crippen LogP contribution >= 0.6 is 0 Å². The highest BCUT2D eigenvalue weighted by Gasteiger charge is 2.35. The number of benzene rings is 1. The molecule has 0 aliphatic carbocycles. The SMILES string of the molecule is CCOC(=O)N1CCN(C(=O)N(Cc2cccnc2)S(=O)(=O)c2ccc(C)cc2)CC1. The van der Waals surface area contributed by atoms with Crippen LogP contribution in [0.4, 0.5) is 9.59 Å². The molecule has 1 saturated heterocycles. The molecule has 2 heterocycles. The van der Waals surface area contributed by atoms with Crippen molar-refractivity contribution in [2.75, 3.05) is 32.8 Å². The molecule has 0 bridgehead atoms. The largest absolute Gasteiger partial charge is 0.450 e. The van der Waals surface area contributed by atoms with Crippen LogP contribution in [0.3, 0.4) is 0 Å². The second-order valence-electron chi connectivity index (χ2n) is 7.14. The van der Waals surface area contributed by atoms with E-state index in [-0.39, 0.29) is 44.2 Å². The van der Waals surface area contributed by atoms with E-state index in [4.69, 9.17) is 4.74 Å². The third-order valence-corrected chi connectivity index (χ3v) is 6.68. The molecule has 31 heavy (non-hydrogen) atoms. The Morgan fingerprint density at radius 1 is 1.06 bits per heavy atom. The Bertz CT molecular complexity index is 1000. The van der Waals surface area contributed by atoms with Crippen molar-refractivity contribution in [3.63, 3.8) is 0 Å². The molecule has 0 radical (unpaired) electrons. The summed E-state index contributed by atoms with van der Waals surface area (Å²) in [5.74, 6) is 0. The van der Waals surface area contributed by atoms with Gasteiger partial charge in [0.2, 0.25) is 0 Å². The number of ether oxygens (including phenoxy) is 1. The van der Waals surface area contributed by atoms with Gasteiger partial charge in [-0.25, -0.2) is 22.3 Å². The predicted molar refractivity (Wildman–Crippen MR) is 114 cm³/mol.